The fourth-order valence-electron chi connectivity index (χ4n) is 1.82. The van der Waals surface area contributed by atoms with E-state index in [1.807, 2.05) is 30.3 Å². The summed E-state index contributed by atoms with van der Waals surface area (Å²) in [7, 11) is 0. The Kier molecular flexibility index (Phi) is 3.01. The second-order valence-electron chi connectivity index (χ2n) is 4.16. The van der Waals surface area contributed by atoms with Gasteiger partial charge in [-0.05, 0) is 18.2 Å². The van der Waals surface area contributed by atoms with Crippen LogP contribution in [0, 0.1) is 0 Å². The Morgan fingerprint density at radius 2 is 1.95 bits per heavy atom. The second-order valence-corrected chi connectivity index (χ2v) is 4.16. The summed E-state index contributed by atoms with van der Waals surface area (Å²) in [5.41, 5.74) is 0.885. The topological polar surface area (TPSA) is 72.3 Å². The summed E-state index contributed by atoms with van der Waals surface area (Å²) in [6.07, 6.45) is 2.71. The van der Waals surface area contributed by atoms with E-state index in [9.17, 15) is 4.79 Å². The fraction of sp³-hybridized carbons (Fsp3) is 0. The molecule has 2 heterocycles. The number of hydrogen-bond donors (Lipinski definition) is 1. The van der Waals surface area contributed by atoms with E-state index >= 15 is 0 Å². The van der Waals surface area contributed by atoms with Crippen LogP contribution in [0.5, 0.6) is 11.6 Å². The van der Waals surface area contributed by atoms with Gasteiger partial charge >= 0.3 is 5.97 Å². The van der Waals surface area contributed by atoms with Gasteiger partial charge in [0.05, 0.1) is 17.3 Å². The molecule has 0 amide bonds. The highest BCUT2D eigenvalue weighted by molar-refractivity contribution is 5.87. The van der Waals surface area contributed by atoms with Crippen molar-refractivity contribution in [1.29, 1.82) is 0 Å². The largest absolute Gasteiger partial charge is 0.478 e. The number of hydrogen-bond acceptors (Lipinski definition) is 4. The van der Waals surface area contributed by atoms with Crippen LogP contribution in [0.3, 0.4) is 0 Å². The second kappa shape index (κ2) is 4.97. The standard InChI is InChI=1S/C15H10N2O3/c18-15(19)11-7-12(9-16-8-11)20-14-6-5-10-3-1-2-4-13(10)17-14/h1-9H,(H,18,19). The molecule has 3 aromatic rings. The number of aromatic carboxylic acids is 1. The van der Waals surface area contributed by atoms with Crippen LogP contribution in [0.25, 0.3) is 10.9 Å². The van der Waals surface area contributed by atoms with Crippen LogP contribution in [-0.2, 0) is 0 Å². The normalized spacial score (nSPS) is 10.4. The summed E-state index contributed by atoms with van der Waals surface area (Å²) in [5, 5.41) is 9.92. The Hall–Kier alpha value is -2.95. The maximum atomic E-state index is 10.9. The third-order valence-corrected chi connectivity index (χ3v) is 2.76. The lowest BCUT2D eigenvalue weighted by atomic mass is 10.2. The summed E-state index contributed by atoms with van der Waals surface area (Å²) in [6.45, 7) is 0. The third kappa shape index (κ3) is 2.42. The zero-order valence-corrected chi connectivity index (χ0v) is 10.4. The van der Waals surface area contributed by atoms with Gasteiger partial charge in [-0.2, -0.15) is 0 Å². The van der Waals surface area contributed by atoms with Gasteiger partial charge in [0.25, 0.3) is 0 Å². The van der Waals surface area contributed by atoms with Crippen LogP contribution in [0.1, 0.15) is 10.4 Å². The number of carbonyl (C=O) groups is 1. The quantitative estimate of drug-likeness (QED) is 0.788. The molecular formula is C15H10N2O3. The van der Waals surface area contributed by atoms with Gasteiger partial charge in [0.2, 0.25) is 5.88 Å². The van der Waals surface area contributed by atoms with E-state index < -0.39 is 5.97 Å². The van der Waals surface area contributed by atoms with Gasteiger partial charge < -0.3 is 9.84 Å². The third-order valence-electron chi connectivity index (χ3n) is 2.76. The lowest BCUT2D eigenvalue weighted by Gasteiger charge is -2.06. The summed E-state index contributed by atoms with van der Waals surface area (Å²) in [6, 6.07) is 12.7. The van der Waals surface area contributed by atoms with Gasteiger partial charge in [0.1, 0.15) is 5.75 Å². The van der Waals surface area contributed by atoms with Crippen molar-refractivity contribution in [3.8, 4) is 11.6 Å². The first kappa shape index (κ1) is 12.1. The lowest BCUT2D eigenvalue weighted by molar-refractivity contribution is 0.0696. The van der Waals surface area contributed by atoms with Gasteiger partial charge in [-0.15, -0.1) is 0 Å². The molecule has 0 aliphatic heterocycles. The van der Waals surface area contributed by atoms with E-state index in [1.165, 1.54) is 18.5 Å². The minimum atomic E-state index is -1.05. The van der Waals surface area contributed by atoms with Crippen LogP contribution in [-0.4, -0.2) is 21.0 Å². The first-order chi connectivity index (χ1) is 9.72. The zero-order valence-electron chi connectivity index (χ0n) is 10.4. The Morgan fingerprint density at radius 3 is 2.80 bits per heavy atom. The van der Waals surface area contributed by atoms with Crippen molar-refractivity contribution in [3.63, 3.8) is 0 Å². The predicted octanol–water partition coefficient (Wildman–Crippen LogP) is 3.12. The highest BCUT2D eigenvalue weighted by Crippen LogP contribution is 2.22. The average molecular weight is 266 g/mol. The van der Waals surface area contributed by atoms with E-state index in [0.29, 0.717) is 11.6 Å². The summed E-state index contributed by atoms with van der Waals surface area (Å²) < 4.78 is 5.54. The Balaban J connectivity index is 1.92. The Morgan fingerprint density at radius 1 is 1.10 bits per heavy atom. The van der Waals surface area contributed by atoms with Crippen molar-refractivity contribution < 1.29 is 14.6 Å². The molecule has 0 saturated heterocycles. The van der Waals surface area contributed by atoms with Crippen LogP contribution < -0.4 is 4.74 Å². The number of nitrogens with zero attached hydrogens (tertiary/aromatic N) is 2. The highest BCUT2D eigenvalue weighted by Gasteiger charge is 2.06. The Bertz CT molecular complexity index is 787. The van der Waals surface area contributed by atoms with Crippen molar-refractivity contribution >= 4 is 16.9 Å². The van der Waals surface area contributed by atoms with Gasteiger partial charge in [-0.3, -0.25) is 4.98 Å². The molecule has 1 N–H and O–H groups in total. The molecule has 0 saturated carbocycles. The predicted molar refractivity (Wildman–Crippen MR) is 73.0 cm³/mol. The van der Waals surface area contributed by atoms with E-state index in [-0.39, 0.29) is 5.56 Å². The summed E-state index contributed by atoms with van der Waals surface area (Å²) >= 11 is 0. The molecule has 0 radical (unpaired) electrons. The molecule has 2 aromatic heterocycles. The van der Waals surface area contributed by atoms with Crippen molar-refractivity contribution in [2.24, 2.45) is 0 Å². The minimum Gasteiger partial charge on any atom is -0.478 e. The molecule has 0 aliphatic carbocycles. The molecule has 5 heteroatoms. The molecule has 20 heavy (non-hydrogen) atoms. The van der Waals surface area contributed by atoms with Crippen molar-refractivity contribution in [2.75, 3.05) is 0 Å². The molecule has 1 aromatic carbocycles. The van der Waals surface area contributed by atoms with Crippen LogP contribution in [0.2, 0.25) is 0 Å². The molecule has 0 bridgehead atoms. The molecule has 3 rings (SSSR count). The number of pyridine rings is 2. The molecule has 98 valence electrons. The number of fused-ring (bicyclic) bond motifs is 1. The number of carboxylic acid groups (broad SMARTS) is 1. The fourth-order valence-corrected chi connectivity index (χ4v) is 1.82. The molecule has 0 aliphatic rings. The smallest absolute Gasteiger partial charge is 0.337 e. The molecule has 5 nitrogen and oxygen atoms in total. The van der Waals surface area contributed by atoms with E-state index in [0.717, 1.165) is 10.9 Å². The van der Waals surface area contributed by atoms with E-state index in [2.05, 4.69) is 9.97 Å². The average Bonchev–Trinajstić information content (AvgIpc) is 2.47. The Labute approximate surface area is 114 Å². The molecule has 0 unspecified atom stereocenters. The number of benzene rings is 1. The highest BCUT2D eigenvalue weighted by atomic mass is 16.5. The molecule has 0 spiro atoms. The maximum Gasteiger partial charge on any atom is 0.337 e. The molecular weight excluding hydrogens is 256 g/mol. The molecule has 0 fully saturated rings. The van der Waals surface area contributed by atoms with Gasteiger partial charge in [-0.25, -0.2) is 9.78 Å². The zero-order chi connectivity index (χ0) is 13.9. The van der Waals surface area contributed by atoms with Crippen molar-refractivity contribution in [1.82, 2.24) is 9.97 Å². The van der Waals surface area contributed by atoms with Crippen LogP contribution in [0.15, 0.2) is 54.9 Å². The van der Waals surface area contributed by atoms with Gasteiger partial charge in [0.15, 0.2) is 0 Å². The van der Waals surface area contributed by atoms with Gasteiger partial charge in [0, 0.05) is 17.6 Å². The number of rotatable bonds is 3. The van der Waals surface area contributed by atoms with Crippen LogP contribution >= 0.6 is 0 Å². The first-order valence-corrected chi connectivity index (χ1v) is 5.94. The van der Waals surface area contributed by atoms with E-state index in [4.69, 9.17) is 9.84 Å². The monoisotopic (exact) mass is 266 g/mol. The van der Waals surface area contributed by atoms with Gasteiger partial charge in [-0.1, -0.05) is 18.2 Å². The summed E-state index contributed by atoms with van der Waals surface area (Å²) in [5.74, 6) is -0.310. The SMILES string of the molecule is O=C(O)c1cncc(Oc2ccc3ccccc3n2)c1. The van der Waals surface area contributed by atoms with Crippen molar-refractivity contribution in [2.45, 2.75) is 0 Å². The minimum absolute atomic E-state index is 0.0725. The number of ether oxygens (including phenoxy) is 1. The number of aromatic nitrogens is 2. The van der Waals surface area contributed by atoms with E-state index in [1.54, 1.807) is 6.07 Å². The lowest BCUT2D eigenvalue weighted by Crippen LogP contribution is -1.98. The first-order valence-electron chi connectivity index (χ1n) is 5.94. The van der Waals surface area contributed by atoms with Crippen LogP contribution in [0.4, 0.5) is 0 Å². The maximum absolute atomic E-state index is 10.9. The molecule has 0 atom stereocenters. The number of carboxylic acids is 1. The number of para-hydroxylation sites is 1. The van der Waals surface area contributed by atoms with Crippen molar-refractivity contribution in [3.05, 3.63) is 60.4 Å². The summed E-state index contributed by atoms with van der Waals surface area (Å²) in [4.78, 5) is 19.0.